The maximum atomic E-state index is 12.7. The summed E-state index contributed by atoms with van der Waals surface area (Å²) in [6.07, 6.45) is 5.62. The summed E-state index contributed by atoms with van der Waals surface area (Å²) in [7, 11) is 0. The number of nitrogens with two attached hydrogens (primary N) is 1. The van der Waals surface area contributed by atoms with Gasteiger partial charge in [-0.05, 0) is 31.4 Å². The molecular formula is C19H20N6O2S. The molecule has 1 aromatic carbocycles. The Kier molecular flexibility index (Phi) is 5.25. The average molecular weight is 396 g/mol. The number of benzene rings is 1. The highest BCUT2D eigenvalue weighted by molar-refractivity contribution is 8.00. The molecule has 1 unspecified atom stereocenters. The van der Waals surface area contributed by atoms with Crippen molar-refractivity contribution in [3.05, 3.63) is 42.9 Å². The number of likely N-dealkylation sites (tertiary alicyclic amines) is 1. The van der Waals surface area contributed by atoms with Crippen LogP contribution >= 0.6 is 11.8 Å². The highest BCUT2D eigenvalue weighted by Gasteiger charge is 2.30. The van der Waals surface area contributed by atoms with Crippen LogP contribution < -0.4 is 5.73 Å². The molecule has 3 aromatic rings. The van der Waals surface area contributed by atoms with E-state index in [-0.39, 0.29) is 11.7 Å². The van der Waals surface area contributed by atoms with Crippen LogP contribution in [0.5, 0.6) is 0 Å². The van der Waals surface area contributed by atoms with E-state index in [4.69, 9.17) is 5.73 Å². The van der Waals surface area contributed by atoms with E-state index in [1.54, 1.807) is 15.8 Å². The highest BCUT2D eigenvalue weighted by atomic mass is 32.2. The lowest BCUT2D eigenvalue weighted by Gasteiger charge is -2.33. The number of thioether (sulfide) groups is 1. The second-order valence-electron chi connectivity index (χ2n) is 6.60. The number of aromatic nitrogens is 4. The fourth-order valence-electron chi connectivity index (χ4n) is 3.43. The molecule has 1 saturated heterocycles. The van der Waals surface area contributed by atoms with Crippen LogP contribution in [0.4, 0.5) is 0 Å². The first-order chi connectivity index (χ1) is 13.6. The lowest BCUT2D eigenvalue weighted by atomic mass is 10.0. The fraction of sp³-hybridized carbons (Fsp3) is 0.316. The third kappa shape index (κ3) is 3.57. The van der Waals surface area contributed by atoms with Crippen molar-refractivity contribution in [2.75, 3.05) is 12.3 Å². The van der Waals surface area contributed by atoms with Crippen LogP contribution in [0.3, 0.4) is 0 Å². The number of nitrogens with zero attached hydrogens (tertiary/aromatic N) is 5. The number of fused-ring (bicyclic) bond motifs is 1. The molecule has 0 aliphatic carbocycles. The third-order valence-electron chi connectivity index (χ3n) is 4.81. The van der Waals surface area contributed by atoms with Gasteiger partial charge in [0.2, 0.25) is 11.8 Å². The second kappa shape index (κ2) is 7.97. The first-order valence-corrected chi connectivity index (χ1v) is 10.1. The van der Waals surface area contributed by atoms with Crippen molar-refractivity contribution in [2.24, 2.45) is 5.73 Å². The van der Waals surface area contributed by atoms with Gasteiger partial charge in [0.1, 0.15) is 17.4 Å². The first kappa shape index (κ1) is 18.4. The van der Waals surface area contributed by atoms with Crippen LogP contribution in [0.25, 0.3) is 16.7 Å². The summed E-state index contributed by atoms with van der Waals surface area (Å²) in [5.41, 5.74) is 7.05. The van der Waals surface area contributed by atoms with Crippen molar-refractivity contribution in [2.45, 2.75) is 30.3 Å². The molecule has 1 fully saturated rings. The Morgan fingerprint density at radius 2 is 2.00 bits per heavy atom. The van der Waals surface area contributed by atoms with E-state index in [2.05, 4.69) is 15.1 Å². The van der Waals surface area contributed by atoms with E-state index in [9.17, 15) is 9.59 Å². The smallest absolute Gasteiger partial charge is 0.240 e. The summed E-state index contributed by atoms with van der Waals surface area (Å²) in [4.78, 5) is 34.6. The van der Waals surface area contributed by atoms with E-state index in [1.165, 1.54) is 18.1 Å². The summed E-state index contributed by atoms with van der Waals surface area (Å²) in [5, 5.41) is 5.90. The van der Waals surface area contributed by atoms with Gasteiger partial charge >= 0.3 is 0 Å². The first-order valence-electron chi connectivity index (χ1n) is 9.11. The van der Waals surface area contributed by atoms with E-state index >= 15 is 0 Å². The summed E-state index contributed by atoms with van der Waals surface area (Å²) in [6, 6.07) is 9.21. The monoisotopic (exact) mass is 396 g/mol. The van der Waals surface area contributed by atoms with Crippen LogP contribution in [0, 0.1) is 0 Å². The molecule has 0 spiro atoms. The van der Waals surface area contributed by atoms with Crippen LogP contribution in [-0.4, -0.2) is 54.8 Å². The van der Waals surface area contributed by atoms with Crippen molar-refractivity contribution in [3.8, 4) is 5.69 Å². The van der Waals surface area contributed by atoms with E-state index in [0.717, 1.165) is 23.9 Å². The van der Waals surface area contributed by atoms with Gasteiger partial charge in [0, 0.05) is 6.54 Å². The lowest BCUT2D eigenvalue weighted by molar-refractivity contribution is -0.138. The van der Waals surface area contributed by atoms with Gasteiger partial charge in [0.25, 0.3) is 0 Å². The van der Waals surface area contributed by atoms with Crippen molar-refractivity contribution in [3.63, 3.8) is 0 Å². The summed E-state index contributed by atoms with van der Waals surface area (Å²) in [5.74, 6) is -0.353. The molecule has 4 rings (SSSR count). The van der Waals surface area contributed by atoms with Crippen LogP contribution in [0.1, 0.15) is 19.3 Å². The molecule has 3 heterocycles. The van der Waals surface area contributed by atoms with E-state index in [1.807, 2.05) is 30.3 Å². The normalized spacial score (nSPS) is 17.0. The number of piperidine rings is 1. The topological polar surface area (TPSA) is 107 Å². The van der Waals surface area contributed by atoms with Gasteiger partial charge in [-0.3, -0.25) is 9.59 Å². The van der Waals surface area contributed by atoms with Crippen molar-refractivity contribution >= 4 is 34.6 Å². The molecule has 1 atom stereocenters. The zero-order valence-corrected chi connectivity index (χ0v) is 16.0. The number of primary amides is 1. The maximum absolute atomic E-state index is 12.7. The van der Waals surface area contributed by atoms with Crippen molar-refractivity contribution in [1.82, 2.24) is 24.6 Å². The van der Waals surface area contributed by atoms with Crippen molar-refractivity contribution < 1.29 is 9.59 Å². The van der Waals surface area contributed by atoms with Gasteiger partial charge < -0.3 is 10.6 Å². The molecule has 0 bridgehead atoms. The Morgan fingerprint density at radius 1 is 1.18 bits per heavy atom. The molecule has 9 heteroatoms. The quantitative estimate of drug-likeness (QED) is 0.520. The predicted molar refractivity (Wildman–Crippen MR) is 106 cm³/mol. The lowest BCUT2D eigenvalue weighted by Crippen LogP contribution is -2.51. The van der Waals surface area contributed by atoms with Crippen LogP contribution in [0.2, 0.25) is 0 Å². The fourth-order valence-corrected chi connectivity index (χ4v) is 4.28. The maximum Gasteiger partial charge on any atom is 0.240 e. The molecule has 2 aromatic heterocycles. The number of amides is 2. The Labute approximate surface area is 166 Å². The van der Waals surface area contributed by atoms with Crippen LogP contribution in [0.15, 0.2) is 47.9 Å². The Bertz CT molecular complexity index is 1010. The summed E-state index contributed by atoms with van der Waals surface area (Å²) in [6.45, 7) is 0.568. The molecule has 2 amide bonds. The molecule has 144 valence electrons. The Morgan fingerprint density at radius 3 is 2.79 bits per heavy atom. The molecule has 28 heavy (non-hydrogen) atoms. The van der Waals surface area contributed by atoms with Gasteiger partial charge in [-0.25, -0.2) is 14.6 Å². The standard InChI is InChI=1S/C19H20N6O2S/c20-17(27)15-8-4-5-9-24(15)16(26)11-28-19-14-10-23-25(18(14)21-12-22-19)13-6-2-1-3-7-13/h1-3,6-7,10,12,15H,4-5,8-9,11H2,(H2,20,27). The Balaban J connectivity index is 1.53. The highest BCUT2D eigenvalue weighted by Crippen LogP contribution is 2.27. The van der Waals surface area contributed by atoms with Gasteiger partial charge in [-0.15, -0.1) is 0 Å². The number of rotatable bonds is 5. The number of para-hydroxylation sites is 1. The molecule has 0 saturated carbocycles. The molecule has 0 radical (unpaired) electrons. The van der Waals surface area contributed by atoms with E-state index in [0.29, 0.717) is 23.6 Å². The second-order valence-corrected chi connectivity index (χ2v) is 7.56. The summed E-state index contributed by atoms with van der Waals surface area (Å²) < 4.78 is 1.75. The number of carbonyl (C=O) groups excluding carboxylic acids is 2. The minimum absolute atomic E-state index is 0.101. The zero-order chi connectivity index (χ0) is 19.5. The molecule has 1 aliphatic rings. The molecule has 1 aliphatic heterocycles. The predicted octanol–water partition coefficient (Wildman–Crippen LogP) is 1.77. The number of hydrogen-bond acceptors (Lipinski definition) is 6. The molecular weight excluding hydrogens is 376 g/mol. The van der Waals surface area contributed by atoms with Gasteiger partial charge in [-0.1, -0.05) is 30.0 Å². The van der Waals surface area contributed by atoms with Crippen LogP contribution in [-0.2, 0) is 9.59 Å². The summed E-state index contributed by atoms with van der Waals surface area (Å²) >= 11 is 1.33. The van der Waals surface area contributed by atoms with E-state index < -0.39 is 11.9 Å². The minimum Gasteiger partial charge on any atom is -0.368 e. The average Bonchev–Trinajstić information content (AvgIpc) is 3.17. The van der Waals surface area contributed by atoms with Crippen molar-refractivity contribution in [1.29, 1.82) is 0 Å². The SMILES string of the molecule is NC(=O)C1CCCCN1C(=O)CSc1ncnc2c1cnn2-c1ccccc1. The molecule has 8 nitrogen and oxygen atoms in total. The largest absolute Gasteiger partial charge is 0.368 e. The number of hydrogen-bond donors (Lipinski definition) is 1. The van der Waals surface area contributed by atoms with Gasteiger partial charge in [0.05, 0.1) is 23.0 Å². The Hall–Kier alpha value is -2.94. The number of carbonyl (C=O) groups is 2. The zero-order valence-electron chi connectivity index (χ0n) is 15.2. The van der Waals surface area contributed by atoms with Gasteiger partial charge in [0.15, 0.2) is 5.65 Å². The minimum atomic E-state index is -0.506. The molecule has 2 N–H and O–H groups in total. The van der Waals surface area contributed by atoms with Gasteiger partial charge in [-0.2, -0.15) is 5.10 Å². The third-order valence-corrected chi connectivity index (χ3v) is 5.80.